The number of amides is 3. The average molecular weight is 284 g/mol. The molecule has 0 aromatic heterocycles. The number of nitrogens with zero attached hydrogens (tertiary/aromatic N) is 3. The van der Waals surface area contributed by atoms with Gasteiger partial charge in [-0.3, -0.25) is 4.79 Å². The van der Waals surface area contributed by atoms with Crippen LogP contribution in [-0.4, -0.2) is 65.5 Å². The summed E-state index contributed by atoms with van der Waals surface area (Å²) in [5.74, 6) is -0.361. The summed E-state index contributed by atoms with van der Waals surface area (Å²) in [6.45, 7) is 4.72. The maximum Gasteiger partial charge on any atom is 0.342 e. The van der Waals surface area contributed by atoms with E-state index in [0.29, 0.717) is 11.0 Å². The van der Waals surface area contributed by atoms with Gasteiger partial charge in [-0.1, -0.05) is 0 Å². The van der Waals surface area contributed by atoms with Crippen LogP contribution in [0.3, 0.4) is 0 Å². The number of carbonyl (C=O) groups is 2. The topological polar surface area (TPSA) is 40.6 Å². The lowest BCUT2D eigenvalue weighted by molar-refractivity contribution is -0.869. The Morgan fingerprint density at radius 2 is 1.71 bits per heavy atom. The van der Waals surface area contributed by atoms with Crippen LogP contribution in [0.25, 0.3) is 0 Å². The van der Waals surface area contributed by atoms with Crippen LogP contribution in [0.5, 0.6) is 0 Å². The van der Waals surface area contributed by atoms with Crippen molar-refractivity contribution in [2.24, 2.45) is 0 Å². The van der Waals surface area contributed by atoms with Crippen molar-refractivity contribution in [1.29, 1.82) is 0 Å². The minimum absolute atomic E-state index is 0. The molecule has 0 unspecified atom stereocenters. The molecule has 0 atom stereocenters. The van der Waals surface area contributed by atoms with Gasteiger partial charge >= 0.3 is 6.03 Å². The Bertz CT molecular complexity index is 326. The van der Waals surface area contributed by atoms with E-state index in [1.54, 1.807) is 13.8 Å². The summed E-state index contributed by atoms with van der Waals surface area (Å²) in [5.41, 5.74) is -0.839. The van der Waals surface area contributed by atoms with E-state index in [1.165, 1.54) is 4.90 Å². The lowest BCUT2D eigenvalue weighted by Crippen LogP contribution is -3.00. The second-order valence-electron chi connectivity index (χ2n) is 5.59. The van der Waals surface area contributed by atoms with E-state index in [1.807, 2.05) is 21.1 Å². The van der Waals surface area contributed by atoms with Crippen LogP contribution in [0.1, 0.15) is 13.8 Å². The molecule has 1 heterocycles. The maximum atomic E-state index is 11.7. The van der Waals surface area contributed by atoms with Crippen LogP contribution in [0, 0.1) is 0 Å². The Morgan fingerprint density at radius 1 is 1.24 bits per heavy atom. The third-order valence-corrected chi connectivity index (χ3v) is 3.07. The maximum absolute atomic E-state index is 11.7. The van der Waals surface area contributed by atoms with Gasteiger partial charge in [-0.15, -0.1) is 0 Å². The highest BCUT2D eigenvalue weighted by Crippen LogP contribution is 2.28. The summed E-state index contributed by atoms with van der Waals surface area (Å²) in [4.78, 5) is 25.0. The van der Waals surface area contributed by atoms with Gasteiger partial charge in [0.1, 0.15) is 5.54 Å². The van der Waals surface area contributed by atoms with Crippen molar-refractivity contribution >= 4 is 23.7 Å². The van der Waals surface area contributed by atoms with Crippen molar-refractivity contribution in [2.45, 2.75) is 19.4 Å². The molecule has 0 aliphatic carbocycles. The average Bonchev–Trinajstić information content (AvgIpc) is 2.25. The zero-order chi connectivity index (χ0) is 12.7. The first kappa shape index (κ1) is 16.5. The molecular formula is C10H19Cl2N3O2. The van der Waals surface area contributed by atoms with E-state index in [4.69, 9.17) is 11.8 Å². The molecule has 3 amide bonds. The number of rotatable bonds is 3. The van der Waals surface area contributed by atoms with Crippen molar-refractivity contribution in [3.8, 4) is 0 Å². The highest BCUT2D eigenvalue weighted by molar-refractivity contribution is 6.33. The molecule has 0 N–H and O–H groups in total. The number of quaternary nitrogens is 1. The zero-order valence-electron chi connectivity index (χ0n) is 10.8. The molecule has 0 aromatic rings. The molecule has 100 valence electrons. The van der Waals surface area contributed by atoms with Gasteiger partial charge in [0.05, 0.1) is 34.2 Å². The quantitative estimate of drug-likeness (QED) is 0.338. The number of hydrogen-bond acceptors (Lipinski definition) is 2. The van der Waals surface area contributed by atoms with E-state index in [-0.39, 0.29) is 18.3 Å². The largest absolute Gasteiger partial charge is 1.00 e. The first-order valence-corrected chi connectivity index (χ1v) is 5.53. The minimum atomic E-state index is -0.839. The first-order valence-electron chi connectivity index (χ1n) is 5.20. The molecule has 0 radical (unpaired) electrons. The molecule has 1 aliphatic heterocycles. The number of imide groups is 1. The predicted molar refractivity (Wildman–Crippen MR) is 61.8 cm³/mol. The van der Waals surface area contributed by atoms with Crippen molar-refractivity contribution in [3.05, 3.63) is 0 Å². The predicted octanol–water partition coefficient (Wildman–Crippen LogP) is -2.11. The van der Waals surface area contributed by atoms with Gasteiger partial charge in [-0.25, -0.2) is 4.79 Å². The van der Waals surface area contributed by atoms with Gasteiger partial charge in [-0.2, -0.15) is 4.42 Å². The normalized spacial score (nSPS) is 19.6. The van der Waals surface area contributed by atoms with Crippen LogP contribution in [0.4, 0.5) is 4.79 Å². The Morgan fingerprint density at radius 3 is 2.00 bits per heavy atom. The molecular weight excluding hydrogens is 265 g/mol. The Kier molecular flexibility index (Phi) is 4.85. The number of halogens is 2. The molecule has 1 fully saturated rings. The fourth-order valence-electron chi connectivity index (χ4n) is 1.56. The molecule has 0 aromatic carbocycles. The highest BCUT2D eigenvalue weighted by Gasteiger charge is 2.51. The monoisotopic (exact) mass is 283 g/mol. The Balaban J connectivity index is 0.00000256. The molecule has 0 bridgehead atoms. The van der Waals surface area contributed by atoms with Crippen LogP contribution in [0.2, 0.25) is 0 Å². The van der Waals surface area contributed by atoms with E-state index in [0.717, 1.165) is 11.0 Å². The molecule has 5 nitrogen and oxygen atoms in total. The van der Waals surface area contributed by atoms with Crippen molar-refractivity contribution in [3.63, 3.8) is 0 Å². The molecule has 7 heteroatoms. The van der Waals surface area contributed by atoms with Gasteiger partial charge in [0.15, 0.2) is 0 Å². The number of carbonyl (C=O) groups excluding carboxylic acids is 2. The second kappa shape index (κ2) is 5.00. The van der Waals surface area contributed by atoms with Crippen molar-refractivity contribution in [2.75, 3.05) is 34.2 Å². The van der Waals surface area contributed by atoms with Gasteiger partial charge in [0.25, 0.3) is 5.91 Å². The highest BCUT2D eigenvalue weighted by atomic mass is 35.5. The van der Waals surface area contributed by atoms with Crippen LogP contribution >= 0.6 is 11.8 Å². The molecule has 0 saturated carbocycles. The van der Waals surface area contributed by atoms with Crippen LogP contribution in [-0.2, 0) is 4.79 Å². The van der Waals surface area contributed by atoms with Gasteiger partial charge in [0, 0.05) is 11.8 Å². The third-order valence-electron chi connectivity index (χ3n) is 2.77. The van der Waals surface area contributed by atoms with Gasteiger partial charge in [0.2, 0.25) is 0 Å². The van der Waals surface area contributed by atoms with E-state index < -0.39 is 11.6 Å². The standard InChI is InChI=1S/C10H19ClN3O2.ClH/c1-10(2)8(15)13(11)9(16)12(10)6-7-14(3,4)5;/h6-7H2,1-5H3;1H/q+1;/p-1. The van der Waals surface area contributed by atoms with Gasteiger partial charge < -0.3 is 21.8 Å². The summed E-state index contributed by atoms with van der Waals surface area (Å²) in [6.07, 6.45) is 0. The zero-order valence-corrected chi connectivity index (χ0v) is 12.3. The molecule has 1 saturated heterocycles. The van der Waals surface area contributed by atoms with E-state index in [2.05, 4.69) is 0 Å². The summed E-state index contributed by atoms with van der Waals surface area (Å²) in [6, 6.07) is -0.426. The lowest BCUT2D eigenvalue weighted by atomic mass is 10.0. The smallest absolute Gasteiger partial charge is 0.342 e. The van der Waals surface area contributed by atoms with E-state index in [9.17, 15) is 9.59 Å². The fourth-order valence-corrected chi connectivity index (χ4v) is 1.86. The Hall–Kier alpha value is -0.520. The third kappa shape index (κ3) is 3.24. The van der Waals surface area contributed by atoms with Crippen LogP contribution < -0.4 is 12.4 Å². The van der Waals surface area contributed by atoms with Crippen LogP contribution in [0.15, 0.2) is 0 Å². The lowest BCUT2D eigenvalue weighted by Gasteiger charge is -2.31. The van der Waals surface area contributed by atoms with Gasteiger partial charge in [-0.05, 0) is 13.8 Å². The summed E-state index contributed by atoms with van der Waals surface area (Å²) < 4.78 is 1.41. The fraction of sp³-hybridized carbons (Fsp3) is 0.800. The van der Waals surface area contributed by atoms with Crippen molar-refractivity contribution < 1.29 is 26.5 Å². The van der Waals surface area contributed by atoms with Crippen molar-refractivity contribution in [1.82, 2.24) is 9.32 Å². The molecule has 1 rings (SSSR count). The molecule has 17 heavy (non-hydrogen) atoms. The summed E-state index contributed by atoms with van der Waals surface area (Å²) >= 11 is 5.63. The summed E-state index contributed by atoms with van der Waals surface area (Å²) in [7, 11) is 6.11. The summed E-state index contributed by atoms with van der Waals surface area (Å²) in [5, 5.41) is 0. The van der Waals surface area contributed by atoms with E-state index >= 15 is 0 Å². The molecule has 0 spiro atoms. The second-order valence-corrected chi connectivity index (χ2v) is 5.93. The minimum Gasteiger partial charge on any atom is -1.00 e. The Labute approximate surface area is 113 Å². The number of urea groups is 1. The number of likely N-dealkylation sites (N-methyl/N-ethyl adjacent to an activating group) is 1. The number of hydrogen-bond donors (Lipinski definition) is 0. The molecule has 1 aliphatic rings. The first-order chi connectivity index (χ1) is 7.07. The SMILES string of the molecule is CC1(C)C(=O)N(Cl)C(=O)N1CC[N+](C)(C)C.[Cl-].